The van der Waals surface area contributed by atoms with E-state index in [2.05, 4.69) is 0 Å². The molecule has 0 saturated carbocycles. The number of methoxy groups -OCH3 is 1. The Morgan fingerprint density at radius 1 is 1.12 bits per heavy atom. The van der Waals surface area contributed by atoms with E-state index < -0.39 is 10.0 Å². The lowest BCUT2D eigenvalue weighted by molar-refractivity contribution is -0.128. The van der Waals surface area contributed by atoms with Crippen LogP contribution in [0.5, 0.6) is 5.75 Å². The summed E-state index contributed by atoms with van der Waals surface area (Å²) in [5.41, 5.74) is 1.96. The SMILES string of the molecule is COc1ccc2c(c1)C(=O)N(CCc1ccc(S(N)(=O)=O)cc1)C(=O)C2. The summed E-state index contributed by atoms with van der Waals surface area (Å²) < 4.78 is 27.7. The Morgan fingerprint density at radius 2 is 1.81 bits per heavy atom. The van der Waals surface area contributed by atoms with Gasteiger partial charge < -0.3 is 4.74 Å². The first-order valence-corrected chi connectivity index (χ1v) is 9.47. The highest BCUT2D eigenvalue weighted by molar-refractivity contribution is 7.89. The van der Waals surface area contributed by atoms with Crippen molar-refractivity contribution < 1.29 is 22.7 Å². The summed E-state index contributed by atoms with van der Waals surface area (Å²) in [6.45, 7) is 0.211. The van der Waals surface area contributed by atoms with Crippen LogP contribution in [-0.4, -0.2) is 38.8 Å². The number of carbonyl (C=O) groups is 2. The van der Waals surface area contributed by atoms with Crippen LogP contribution in [0.25, 0.3) is 0 Å². The number of fused-ring (bicyclic) bond motifs is 1. The molecule has 2 amide bonds. The van der Waals surface area contributed by atoms with Crippen molar-refractivity contribution in [2.45, 2.75) is 17.7 Å². The van der Waals surface area contributed by atoms with E-state index in [1.54, 1.807) is 30.3 Å². The van der Waals surface area contributed by atoms with Crippen molar-refractivity contribution in [3.63, 3.8) is 0 Å². The normalized spacial score (nSPS) is 14.3. The molecule has 0 saturated heterocycles. The molecule has 0 aromatic heterocycles. The van der Waals surface area contributed by atoms with Crippen LogP contribution in [0.2, 0.25) is 0 Å². The van der Waals surface area contributed by atoms with Gasteiger partial charge in [-0.3, -0.25) is 14.5 Å². The van der Waals surface area contributed by atoms with Crippen LogP contribution in [0.1, 0.15) is 21.5 Å². The van der Waals surface area contributed by atoms with E-state index in [0.29, 0.717) is 23.3 Å². The van der Waals surface area contributed by atoms with Gasteiger partial charge in [0.1, 0.15) is 5.75 Å². The van der Waals surface area contributed by atoms with Crippen LogP contribution in [0.3, 0.4) is 0 Å². The molecular formula is C18H18N2O5S. The average Bonchev–Trinajstić information content (AvgIpc) is 2.61. The number of benzene rings is 2. The first-order chi connectivity index (χ1) is 12.3. The van der Waals surface area contributed by atoms with Gasteiger partial charge in [-0.2, -0.15) is 0 Å². The molecule has 2 aromatic rings. The zero-order valence-electron chi connectivity index (χ0n) is 14.1. The number of nitrogens with zero attached hydrogens (tertiary/aromatic N) is 1. The first kappa shape index (κ1) is 18.1. The van der Waals surface area contributed by atoms with Gasteiger partial charge in [-0.25, -0.2) is 13.6 Å². The molecule has 0 atom stereocenters. The maximum Gasteiger partial charge on any atom is 0.260 e. The predicted molar refractivity (Wildman–Crippen MR) is 94.3 cm³/mol. The quantitative estimate of drug-likeness (QED) is 0.789. The number of imide groups is 1. The Kier molecular flexibility index (Phi) is 4.80. The van der Waals surface area contributed by atoms with E-state index in [1.165, 1.54) is 24.1 Å². The van der Waals surface area contributed by atoms with Gasteiger partial charge in [0.25, 0.3) is 5.91 Å². The average molecular weight is 374 g/mol. The van der Waals surface area contributed by atoms with E-state index in [-0.39, 0.29) is 29.7 Å². The van der Waals surface area contributed by atoms with Crippen LogP contribution in [0, 0.1) is 0 Å². The lowest BCUT2D eigenvalue weighted by atomic mass is 9.97. The molecule has 0 unspecified atom stereocenters. The van der Waals surface area contributed by atoms with Gasteiger partial charge in [0.2, 0.25) is 15.9 Å². The fourth-order valence-corrected chi connectivity index (χ4v) is 3.38. The second-order valence-electron chi connectivity index (χ2n) is 5.99. The number of nitrogens with two attached hydrogens (primary N) is 1. The maximum absolute atomic E-state index is 12.7. The molecule has 2 N–H and O–H groups in total. The van der Waals surface area contributed by atoms with Gasteiger partial charge in [0, 0.05) is 12.1 Å². The van der Waals surface area contributed by atoms with Crippen LogP contribution in [-0.2, 0) is 27.7 Å². The van der Waals surface area contributed by atoms with Crippen molar-refractivity contribution in [1.29, 1.82) is 0 Å². The van der Waals surface area contributed by atoms with E-state index in [1.807, 2.05) is 0 Å². The number of rotatable bonds is 5. The maximum atomic E-state index is 12.7. The van der Waals surface area contributed by atoms with Gasteiger partial charge in [0.05, 0.1) is 18.4 Å². The summed E-state index contributed by atoms with van der Waals surface area (Å²) in [6.07, 6.45) is 0.580. The minimum absolute atomic E-state index is 0.0207. The second-order valence-corrected chi connectivity index (χ2v) is 7.55. The highest BCUT2D eigenvalue weighted by Gasteiger charge is 2.30. The van der Waals surface area contributed by atoms with E-state index in [4.69, 9.17) is 9.88 Å². The third-order valence-electron chi connectivity index (χ3n) is 4.31. The van der Waals surface area contributed by atoms with Crippen molar-refractivity contribution in [3.05, 3.63) is 59.2 Å². The molecule has 2 aromatic carbocycles. The zero-order valence-corrected chi connectivity index (χ0v) is 15.0. The van der Waals surface area contributed by atoms with Crippen LogP contribution in [0.15, 0.2) is 47.4 Å². The van der Waals surface area contributed by atoms with E-state index in [9.17, 15) is 18.0 Å². The molecule has 136 valence electrons. The largest absolute Gasteiger partial charge is 0.497 e. The summed E-state index contributed by atoms with van der Waals surface area (Å²) in [7, 11) is -2.23. The third kappa shape index (κ3) is 3.61. The fourth-order valence-electron chi connectivity index (χ4n) is 2.87. The highest BCUT2D eigenvalue weighted by Crippen LogP contribution is 2.24. The Hall–Kier alpha value is -2.71. The van der Waals surface area contributed by atoms with E-state index in [0.717, 1.165) is 5.56 Å². The molecule has 7 nitrogen and oxygen atoms in total. The van der Waals surface area contributed by atoms with Crippen LogP contribution in [0.4, 0.5) is 0 Å². The standard InChI is InChI=1S/C18H18N2O5S/c1-25-14-5-4-13-10-17(21)20(18(22)16(13)11-14)9-8-12-2-6-15(7-3-12)26(19,23)24/h2-7,11H,8-10H2,1H3,(H2,19,23,24). The van der Waals surface area contributed by atoms with Gasteiger partial charge in [-0.05, 0) is 41.8 Å². The molecule has 3 rings (SSSR count). The molecular weight excluding hydrogens is 356 g/mol. The second kappa shape index (κ2) is 6.89. The van der Waals surface area contributed by atoms with Crippen molar-refractivity contribution in [1.82, 2.24) is 4.90 Å². The molecule has 1 heterocycles. The van der Waals surface area contributed by atoms with Gasteiger partial charge in [0.15, 0.2) is 0 Å². The Morgan fingerprint density at radius 3 is 2.42 bits per heavy atom. The summed E-state index contributed by atoms with van der Waals surface area (Å²) >= 11 is 0. The Labute approximate surface area is 151 Å². The predicted octanol–water partition coefficient (Wildman–Crippen LogP) is 1.11. The summed E-state index contributed by atoms with van der Waals surface area (Å²) in [6, 6.07) is 11.1. The van der Waals surface area contributed by atoms with E-state index >= 15 is 0 Å². The molecule has 8 heteroatoms. The third-order valence-corrected chi connectivity index (χ3v) is 5.24. The topological polar surface area (TPSA) is 107 Å². The number of sulfonamides is 1. The lowest BCUT2D eigenvalue weighted by Crippen LogP contribution is -2.43. The van der Waals surface area contributed by atoms with Crippen LogP contribution < -0.4 is 9.88 Å². The highest BCUT2D eigenvalue weighted by atomic mass is 32.2. The smallest absolute Gasteiger partial charge is 0.260 e. The summed E-state index contributed by atoms with van der Waals surface area (Å²) in [4.78, 5) is 26.2. The monoisotopic (exact) mass is 374 g/mol. The number of amides is 2. The number of hydrogen-bond acceptors (Lipinski definition) is 5. The van der Waals surface area contributed by atoms with Gasteiger partial charge in [-0.1, -0.05) is 18.2 Å². The number of carbonyl (C=O) groups excluding carboxylic acids is 2. The number of ether oxygens (including phenoxy) is 1. The molecule has 26 heavy (non-hydrogen) atoms. The van der Waals surface area contributed by atoms with Gasteiger partial charge >= 0.3 is 0 Å². The Bertz CT molecular complexity index is 968. The van der Waals surface area contributed by atoms with Gasteiger partial charge in [-0.15, -0.1) is 0 Å². The molecule has 1 aliphatic heterocycles. The minimum Gasteiger partial charge on any atom is -0.497 e. The Balaban J connectivity index is 1.75. The lowest BCUT2D eigenvalue weighted by Gasteiger charge is -2.27. The molecule has 0 spiro atoms. The van der Waals surface area contributed by atoms with Crippen molar-refractivity contribution in [3.8, 4) is 5.75 Å². The minimum atomic E-state index is -3.74. The molecule has 0 fully saturated rings. The first-order valence-electron chi connectivity index (χ1n) is 7.93. The van der Waals surface area contributed by atoms with Crippen molar-refractivity contribution in [2.24, 2.45) is 5.14 Å². The fraction of sp³-hybridized carbons (Fsp3) is 0.222. The molecule has 0 bridgehead atoms. The summed E-state index contributed by atoms with van der Waals surface area (Å²) in [5, 5.41) is 5.07. The van der Waals surface area contributed by atoms with Crippen molar-refractivity contribution >= 4 is 21.8 Å². The van der Waals surface area contributed by atoms with Crippen LogP contribution >= 0.6 is 0 Å². The molecule has 0 radical (unpaired) electrons. The molecule has 0 aliphatic carbocycles. The van der Waals surface area contributed by atoms with Crippen molar-refractivity contribution in [2.75, 3.05) is 13.7 Å². The number of hydrogen-bond donors (Lipinski definition) is 1. The zero-order chi connectivity index (χ0) is 18.9. The molecule has 1 aliphatic rings. The summed E-state index contributed by atoms with van der Waals surface area (Å²) in [5.74, 6) is -0.0462. The number of primary sulfonamides is 1.